The Balaban J connectivity index is 1.71. The Morgan fingerprint density at radius 3 is 2.65 bits per heavy atom. The smallest absolute Gasteiger partial charge is 0.226 e. The second kappa shape index (κ2) is 11.3. The number of nitrogens with one attached hydrogen (secondary N) is 2. The van der Waals surface area contributed by atoms with Crippen molar-refractivity contribution < 1.29 is 9.15 Å². The van der Waals surface area contributed by atoms with Crippen LogP contribution in [0.3, 0.4) is 0 Å². The van der Waals surface area contributed by atoms with Gasteiger partial charge < -0.3 is 19.8 Å². The molecule has 0 unspecified atom stereocenters. The number of nitrogens with zero attached hydrogens (tertiary/aromatic N) is 2. The number of rotatable bonds is 10. The molecule has 2 N–H and O–H groups in total. The van der Waals surface area contributed by atoms with Gasteiger partial charge in [-0.25, -0.2) is 4.98 Å². The number of hydrogen-bond acceptors (Lipinski definition) is 4. The second-order valence-corrected chi connectivity index (χ2v) is 6.18. The molecule has 6 heteroatoms. The summed E-state index contributed by atoms with van der Waals surface area (Å²) in [7, 11) is 1.76. The lowest BCUT2D eigenvalue weighted by molar-refractivity contribution is 0.129. The third-order valence-electron chi connectivity index (χ3n) is 3.91. The lowest BCUT2D eigenvalue weighted by atomic mass is 10.1. The summed E-state index contributed by atoms with van der Waals surface area (Å²) in [5.41, 5.74) is 3.03. The Morgan fingerprint density at radius 1 is 1.15 bits per heavy atom. The Hall–Kier alpha value is -2.34. The van der Waals surface area contributed by atoms with E-state index in [4.69, 9.17) is 9.15 Å². The first kappa shape index (κ1) is 20.0. The molecule has 2 rings (SSSR count). The molecule has 0 saturated heterocycles. The predicted molar refractivity (Wildman–Crippen MR) is 105 cm³/mol. The minimum atomic E-state index is 0.558. The first-order valence-electron chi connectivity index (χ1n) is 9.26. The van der Waals surface area contributed by atoms with E-state index >= 15 is 0 Å². The van der Waals surface area contributed by atoms with Gasteiger partial charge in [-0.1, -0.05) is 31.0 Å². The molecule has 0 amide bonds. The molecule has 0 aliphatic rings. The highest BCUT2D eigenvalue weighted by Crippen LogP contribution is 2.18. The lowest BCUT2D eigenvalue weighted by Crippen LogP contribution is -2.37. The van der Waals surface area contributed by atoms with Gasteiger partial charge in [0.1, 0.15) is 6.26 Å². The van der Waals surface area contributed by atoms with Crippen molar-refractivity contribution in [3.8, 4) is 11.5 Å². The average molecular weight is 358 g/mol. The van der Waals surface area contributed by atoms with Crippen LogP contribution in [-0.4, -0.2) is 37.7 Å². The number of aromatic nitrogens is 1. The maximum absolute atomic E-state index is 5.57. The Morgan fingerprint density at radius 2 is 1.92 bits per heavy atom. The van der Waals surface area contributed by atoms with E-state index in [1.54, 1.807) is 13.3 Å². The molecule has 2 aromatic rings. The van der Waals surface area contributed by atoms with Crippen LogP contribution in [-0.2, 0) is 11.3 Å². The first-order valence-corrected chi connectivity index (χ1v) is 9.26. The number of oxazole rings is 1. The van der Waals surface area contributed by atoms with Crippen LogP contribution in [0.25, 0.3) is 11.5 Å². The summed E-state index contributed by atoms with van der Waals surface area (Å²) in [6.45, 7) is 7.22. The van der Waals surface area contributed by atoms with Crippen LogP contribution in [0.5, 0.6) is 0 Å². The van der Waals surface area contributed by atoms with Gasteiger partial charge in [-0.15, -0.1) is 0 Å². The van der Waals surface area contributed by atoms with Gasteiger partial charge in [0.15, 0.2) is 5.96 Å². The summed E-state index contributed by atoms with van der Waals surface area (Å²) in [6, 6.07) is 8.13. The third-order valence-corrected chi connectivity index (χ3v) is 3.91. The molecule has 0 aliphatic carbocycles. The molecule has 6 nitrogen and oxygen atoms in total. The third kappa shape index (κ3) is 6.88. The second-order valence-electron chi connectivity index (χ2n) is 6.18. The SMILES string of the molecule is CCCCOCCCNC(=NC)NCc1coc(-c2ccc(C)cc2)n1. The van der Waals surface area contributed by atoms with Crippen molar-refractivity contribution in [2.24, 2.45) is 4.99 Å². The zero-order valence-electron chi connectivity index (χ0n) is 16.0. The van der Waals surface area contributed by atoms with Crippen molar-refractivity contribution in [1.82, 2.24) is 15.6 Å². The summed E-state index contributed by atoms with van der Waals surface area (Å²) < 4.78 is 11.1. The molecular formula is C20H30N4O2. The van der Waals surface area contributed by atoms with Crippen LogP contribution in [0.15, 0.2) is 39.9 Å². The number of ether oxygens (including phenoxy) is 1. The highest BCUT2D eigenvalue weighted by Gasteiger charge is 2.07. The monoisotopic (exact) mass is 358 g/mol. The Labute approximate surface area is 156 Å². The van der Waals surface area contributed by atoms with Gasteiger partial charge in [0.2, 0.25) is 5.89 Å². The standard InChI is InChI=1S/C20H30N4O2/c1-4-5-12-25-13-6-11-22-20(21-3)23-14-18-15-26-19(24-18)17-9-7-16(2)8-10-17/h7-10,15H,4-6,11-14H2,1-3H3,(H2,21,22,23). The van der Waals surface area contributed by atoms with Crippen LogP contribution >= 0.6 is 0 Å². The van der Waals surface area contributed by atoms with E-state index in [0.717, 1.165) is 49.8 Å². The van der Waals surface area contributed by atoms with Crippen molar-refractivity contribution in [3.63, 3.8) is 0 Å². The van der Waals surface area contributed by atoms with E-state index in [-0.39, 0.29) is 0 Å². The predicted octanol–water partition coefficient (Wildman–Crippen LogP) is 3.52. The zero-order valence-corrected chi connectivity index (χ0v) is 16.0. The molecule has 0 saturated carbocycles. The normalized spacial score (nSPS) is 11.6. The quantitative estimate of drug-likeness (QED) is 0.386. The minimum Gasteiger partial charge on any atom is -0.444 e. The number of aliphatic imine (C=N–C) groups is 1. The van der Waals surface area contributed by atoms with Crippen molar-refractivity contribution in [1.29, 1.82) is 0 Å². The fourth-order valence-electron chi connectivity index (χ4n) is 2.34. The van der Waals surface area contributed by atoms with Gasteiger partial charge in [0.25, 0.3) is 0 Å². The van der Waals surface area contributed by atoms with Gasteiger partial charge in [0.05, 0.1) is 12.2 Å². The maximum Gasteiger partial charge on any atom is 0.226 e. The molecule has 0 atom stereocenters. The van der Waals surface area contributed by atoms with Crippen molar-refractivity contribution in [2.45, 2.75) is 39.7 Å². The van der Waals surface area contributed by atoms with E-state index in [2.05, 4.69) is 46.6 Å². The van der Waals surface area contributed by atoms with E-state index < -0.39 is 0 Å². The Bertz CT molecular complexity index is 665. The molecule has 1 aromatic heterocycles. The number of hydrogen-bond donors (Lipinski definition) is 2. The summed E-state index contributed by atoms with van der Waals surface area (Å²) in [5, 5.41) is 6.52. The lowest BCUT2D eigenvalue weighted by Gasteiger charge is -2.10. The van der Waals surface area contributed by atoms with Crippen molar-refractivity contribution >= 4 is 5.96 Å². The Kier molecular flexibility index (Phi) is 8.69. The molecule has 0 bridgehead atoms. The van der Waals surface area contributed by atoms with Crippen LogP contribution < -0.4 is 10.6 Å². The zero-order chi connectivity index (χ0) is 18.6. The number of unbranched alkanes of at least 4 members (excludes halogenated alkanes) is 1. The summed E-state index contributed by atoms with van der Waals surface area (Å²) in [6.07, 6.45) is 4.92. The van der Waals surface area contributed by atoms with Gasteiger partial charge in [0, 0.05) is 32.4 Å². The van der Waals surface area contributed by atoms with Gasteiger partial charge in [-0.3, -0.25) is 4.99 Å². The van der Waals surface area contributed by atoms with E-state index in [0.29, 0.717) is 12.4 Å². The van der Waals surface area contributed by atoms with Gasteiger partial charge >= 0.3 is 0 Å². The molecule has 0 aliphatic heterocycles. The molecule has 0 spiro atoms. The van der Waals surface area contributed by atoms with Gasteiger partial charge in [-0.05, 0) is 31.9 Å². The first-order chi connectivity index (χ1) is 12.7. The van der Waals surface area contributed by atoms with E-state index in [1.807, 2.05) is 12.1 Å². The largest absolute Gasteiger partial charge is 0.444 e. The van der Waals surface area contributed by atoms with E-state index in [1.165, 1.54) is 12.0 Å². The molecule has 142 valence electrons. The fourth-order valence-corrected chi connectivity index (χ4v) is 2.34. The number of aryl methyl sites for hydroxylation is 1. The maximum atomic E-state index is 5.57. The fraction of sp³-hybridized carbons (Fsp3) is 0.500. The highest BCUT2D eigenvalue weighted by molar-refractivity contribution is 5.79. The molecule has 1 aromatic carbocycles. The number of guanidine groups is 1. The topological polar surface area (TPSA) is 71.7 Å². The molecule has 0 fully saturated rings. The summed E-state index contributed by atoms with van der Waals surface area (Å²) in [5.74, 6) is 1.38. The van der Waals surface area contributed by atoms with Crippen LogP contribution in [0.1, 0.15) is 37.4 Å². The highest BCUT2D eigenvalue weighted by atomic mass is 16.5. The molecule has 26 heavy (non-hydrogen) atoms. The van der Waals surface area contributed by atoms with Gasteiger partial charge in [-0.2, -0.15) is 0 Å². The average Bonchev–Trinajstić information content (AvgIpc) is 3.13. The van der Waals surface area contributed by atoms with E-state index in [9.17, 15) is 0 Å². The summed E-state index contributed by atoms with van der Waals surface area (Å²) in [4.78, 5) is 8.74. The minimum absolute atomic E-state index is 0.558. The van der Waals surface area contributed by atoms with Crippen molar-refractivity contribution in [2.75, 3.05) is 26.8 Å². The molecular weight excluding hydrogens is 328 g/mol. The molecule has 0 radical (unpaired) electrons. The van der Waals surface area contributed by atoms with Crippen LogP contribution in [0.4, 0.5) is 0 Å². The molecule has 1 heterocycles. The van der Waals surface area contributed by atoms with Crippen molar-refractivity contribution in [3.05, 3.63) is 41.8 Å². The van der Waals surface area contributed by atoms with Crippen LogP contribution in [0.2, 0.25) is 0 Å². The summed E-state index contributed by atoms with van der Waals surface area (Å²) >= 11 is 0. The number of benzene rings is 1. The van der Waals surface area contributed by atoms with Crippen LogP contribution in [0, 0.1) is 6.92 Å².